The van der Waals surface area contributed by atoms with E-state index < -0.39 is 0 Å². The molecule has 2 N–H and O–H groups in total. The van der Waals surface area contributed by atoms with Crippen molar-refractivity contribution in [3.05, 3.63) is 28.7 Å². The number of hydrogen-bond acceptors (Lipinski definition) is 4. The van der Waals surface area contributed by atoms with Crippen LogP contribution in [0.3, 0.4) is 0 Å². The average Bonchev–Trinajstić information content (AvgIpc) is 2.48. The molecule has 1 aliphatic heterocycles. The fraction of sp³-hybridized carbons (Fsp3) is 0.533. The first-order valence-electron chi connectivity index (χ1n) is 7.12. The largest absolute Gasteiger partial charge is 0.488 e. The fourth-order valence-corrected chi connectivity index (χ4v) is 2.56. The Morgan fingerprint density at radius 1 is 1.55 bits per heavy atom. The van der Waals surface area contributed by atoms with Crippen LogP contribution < -0.4 is 15.4 Å². The van der Waals surface area contributed by atoms with E-state index in [2.05, 4.69) is 26.6 Å². The van der Waals surface area contributed by atoms with Gasteiger partial charge in [-0.2, -0.15) is 0 Å². The van der Waals surface area contributed by atoms with Gasteiger partial charge in [-0.25, -0.2) is 0 Å². The maximum absolute atomic E-state index is 12.1. The summed E-state index contributed by atoms with van der Waals surface area (Å²) in [4.78, 5) is 12.1. The fourth-order valence-electron chi connectivity index (χ4n) is 2.18. The lowest BCUT2D eigenvalue weighted by Gasteiger charge is -2.29. The predicted octanol–water partition coefficient (Wildman–Crippen LogP) is 2.13. The van der Waals surface area contributed by atoms with Crippen LogP contribution in [0.15, 0.2) is 28.7 Å². The summed E-state index contributed by atoms with van der Waals surface area (Å²) in [6.07, 6.45) is -0.231. The molecule has 1 amide bonds. The van der Waals surface area contributed by atoms with E-state index in [4.69, 9.17) is 9.47 Å². The van der Waals surface area contributed by atoms with Crippen LogP contribution >= 0.6 is 28.3 Å². The minimum atomic E-state index is -0.297. The van der Waals surface area contributed by atoms with Crippen LogP contribution in [-0.2, 0) is 9.53 Å². The van der Waals surface area contributed by atoms with Crippen LogP contribution in [0, 0.1) is 0 Å². The van der Waals surface area contributed by atoms with E-state index >= 15 is 0 Å². The lowest BCUT2D eigenvalue weighted by Crippen LogP contribution is -2.56. The Morgan fingerprint density at radius 3 is 2.95 bits per heavy atom. The van der Waals surface area contributed by atoms with Crippen molar-refractivity contribution in [3.8, 4) is 5.75 Å². The van der Waals surface area contributed by atoms with Crippen molar-refractivity contribution in [2.75, 3.05) is 19.7 Å². The molecular formula is C15H22BrClN2O3. The van der Waals surface area contributed by atoms with Gasteiger partial charge in [-0.05, 0) is 41.9 Å². The van der Waals surface area contributed by atoms with Crippen molar-refractivity contribution in [3.63, 3.8) is 0 Å². The molecule has 0 spiro atoms. The quantitative estimate of drug-likeness (QED) is 0.804. The first kappa shape index (κ1) is 19.2. The van der Waals surface area contributed by atoms with Crippen molar-refractivity contribution in [2.24, 2.45) is 0 Å². The van der Waals surface area contributed by atoms with E-state index in [0.29, 0.717) is 19.7 Å². The third-order valence-electron chi connectivity index (χ3n) is 3.33. The van der Waals surface area contributed by atoms with Gasteiger partial charge in [0, 0.05) is 6.54 Å². The molecule has 3 atom stereocenters. The Labute approximate surface area is 145 Å². The van der Waals surface area contributed by atoms with Crippen LogP contribution in [-0.4, -0.2) is 43.9 Å². The molecule has 1 saturated heterocycles. The summed E-state index contributed by atoms with van der Waals surface area (Å²) < 4.78 is 12.2. The van der Waals surface area contributed by atoms with Gasteiger partial charge in [-0.3, -0.25) is 4.79 Å². The van der Waals surface area contributed by atoms with E-state index in [0.717, 1.165) is 10.2 Å². The molecule has 1 fully saturated rings. The molecule has 1 aliphatic rings. The number of hydrogen-bond donors (Lipinski definition) is 2. The molecule has 22 heavy (non-hydrogen) atoms. The third kappa shape index (κ3) is 5.43. The first-order valence-corrected chi connectivity index (χ1v) is 7.91. The normalized spacial score (nSPS) is 22.3. The summed E-state index contributed by atoms with van der Waals surface area (Å²) in [7, 11) is 0. The molecule has 124 valence electrons. The van der Waals surface area contributed by atoms with Gasteiger partial charge in [0.25, 0.3) is 0 Å². The van der Waals surface area contributed by atoms with Gasteiger partial charge < -0.3 is 20.1 Å². The van der Waals surface area contributed by atoms with E-state index in [1.807, 2.05) is 38.1 Å². The molecule has 1 aromatic rings. The average molecular weight is 394 g/mol. The van der Waals surface area contributed by atoms with E-state index in [9.17, 15) is 4.79 Å². The summed E-state index contributed by atoms with van der Waals surface area (Å²) in [6, 6.07) is 7.36. The standard InChI is InChI=1S/C15H21BrN2O3.ClH/c1-10(21-13-6-4-3-5-12(13)16)9-18-15(19)14-11(2)20-8-7-17-14;/h3-6,10-11,14,17H,7-9H2,1-2H3,(H,18,19);1H/t10?,11-,14+;/m1./s1. The number of halogens is 2. The SMILES string of the molecule is CC(CNC(=O)[C@H]1NCCO[C@@H]1C)Oc1ccccc1Br.Cl. The predicted molar refractivity (Wildman–Crippen MR) is 91.7 cm³/mol. The molecule has 1 aromatic carbocycles. The van der Waals surface area contributed by atoms with Crippen molar-refractivity contribution in [1.29, 1.82) is 0 Å². The minimum absolute atomic E-state index is 0. The smallest absolute Gasteiger partial charge is 0.239 e. The molecule has 1 unspecified atom stereocenters. The van der Waals surface area contributed by atoms with Gasteiger partial charge in [-0.15, -0.1) is 12.4 Å². The lowest BCUT2D eigenvalue weighted by molar-refractivity contribution is -0.129. The van der Waals surface area contributed by atoms with Gasteiger partial charge in [0.15, 0.2) is 0 Å². The summed E-state index contributed by atoms with van der Waals surface area (Å²) in [5.74, 6) is 0.719. The number of morpholine rings is 1. The monoisotopic (exact) mass is 392 g/mol. The van der Waals surface area contributed by atoms with Crippen LogP contribution in [0.2, 0.25) is 0 Å². The van der Waals surface area contributed by atoms with Crippen molar-refractivity contribution >= 4 is 34.2 Å². The Morgan fingerprint density at radius 2 is 2.27 bits per heavy atom. The van der Waals surface area contributed by atoms with Crippen LogP contribution in [0.25, 0.3) is 0 Å². The molecule has 7 heteroatoms. The molecule has 0 radical (unpaired) electrons. The zero-order chi connectivity index (χ0) is 15.2. The highest BCUT2D eigenvalue weighted by Crippen LogP contribution is 2.24. The van der Waals surface area contributed by atoms with Crippen LogP contribution in [0.5, 0.6) is 5.75 Å². The lowest BCUT2D eigenvalue weighted by atomic mass is 10.1. The molecular weight excluding hydrogens is 372 g/mol. The summed E-state index contributed by atoms with van der Waals surface area (Å²) >= 11 is 3.44. The van der Waals surface area contributed by atoms with E-state index in [1.165, 1.54) is 0 Å². The number of carbonyl (C=O) groups excluding carboxylic acids is 1. The van der Waals surface area contributed by atoms with Gasteiger partial charge in [0.05, 0.1) is 23.7 Å². The number of para-hydroxylation sites is 1. The second-order valence-electron chi connectivity index (χ2n) is 5.11. The Balaban J connectivity index is 0.00000242. The molecule has 0 aliphatic carbocycles. The zero-order valence-electron chi connectivity index (χ0n) is 12.7. The maximum Gasteiger partial charge on any atom is 0.239 e. The van der Waals surface area contributed by atoms with Gasteiger partial charge in [-0.1, -0.05) is 12.1 Å². The topological polar surface area (TPSA) is 59.6 Å². The molecule has 0 aromatic heterocycles. The molecule has 0 bridgehead atoms. The summed E-state index contributed by atoms with van der Waals surface area (Å²) in [5.41, 5.74) is 0. The second kappa shape index (κ2) is 9.35. The van der Waals surface area contributed by atoms with Gasteiger partial charge in [0.2, 0.25) is 5.91 Å². The minimum Gasteiger partial charge on any atom is -0.488 e. The molecule has 5 nitrogen and oxygen atoms in total. The highest BCUT2D eigenvalue weighted by molar-refractivity contribution is 9.10. The number of nitrogens with one attached hydrogen (secondary N) is 2. The van der Waals surface area contributed by atoms with Crippen LogP contribution in [0.1, 0.15) is 13.8 Å². The highest BCUT2D eigenvalue weighted by atomic mass is 79.9. The molecule has 1 heterocycles. The van der Waals surface area contributed by atoms with Crippen molar-refractivity contribution in [2.45, 2.75) is 32.1 Å². The number of rotatable bonds is 5. The molecule has 2 rings (SSSR count). The van der Waals surface area contributed by atoms with Crippen molar-refractivity contribution < 1.29 is 14.3 Å². The van der Waals surface area contributed by atoms with E-state index in [-0.39, 0.29) is 36.6 Å². The second-order valence-corrected chi connectivity index (χ2v) is 5.97. The summed E-state index contributed by atoms with van der Waals surface area (Å²) in [6.45, 7) is 5.62. The number of carbonyl (C=O) groups is 1. The third-order valence-corrected chi connectivity index (χ3v) is 3.98. The highest BCUT2D eigenvalue weighted by Gasteiger charge is 2.28. The molecule has 0 saturated carbocycles. The van der Waals surface area contributed by atoms with Crippen molar-refractivity contribution in [1.82, 2.24) is 10.6 Å². The first-order chi connectivity index (χ1) is 10.1. The van der Waals surface area contributed by atoms with Gasteiger partial charge >= 0.3 is 0 Å². The number of benzene rings is 1. The Bertz CT molecular complexity index is 490. The van der Waals surface area contributed by atoms with E-state index in [1.54, 1.807) is 0 Å². The summed E-state index contributed by atoms with van der Waals surface area (Å²) in [5, 5.41) is 6.07. The van der Waals surface area contributed by atoms with Gasteiger partial charge in [0.1, 0.15) is 17.9 Å². The maximum atomic E-state index is 12.1. The Kier molecular flexibility index (Phi) is 8.17. The van der Waals surface area contributed by atoms with Crippen LogP contribution in [0.4, 0.5) is 0 Å². The number of amides is 1. The number of ether oxygens (including phenoxy) is 2. The Hall–Kier alpha value is -0.820. The zero-order valence-corrected chi connectivity index (χ0v) is 15.1.